The number of fused-ring (bicyclic) bond motifs is 2. The average Bonchev–Trinajstić information content (AvgIpc) is 3.34. The maximum absolute atomic E-state index is 13.3. The third kappa shape index (κ3) is 3.46. The van der Waals surface area contributed by atoms with Gasteiger partial charge in [0.2, 0.25) is 0 Å². The van der Waals surface area contributed by atoms with Gasteiger partial charge in [-0.3, -0.25) is 9.20 Å². The van der Waals surface area contributed by atoms with E-state index >= 15 is 0 Å². The van der Waals surface area contributed by atoms with Crippen LogP contribution in [-0.2, 0) is 6.18 Å². The highest BCUT2D eigenvalue weighted by Crippen LogP contribution is 2.34. The third-order valence-electron chi connectivity index (χ3n) is 5.87. The number of carbonyl (C=O) groups excluding carboxylic acids is 1. The molecule has 1 aliphatic rings. The molecular formula is C22H19F3N4OS. The lowest BCUT2D eigenvalue weighted by atomic mass is 9.96. The Morgan fingerprint density at radius 2 is 1.97 bits per heavy atom. The molecule has 1 atom stereocenters. The van der Waals surface area contributed by atoms with Crippen LogP contribution in [0.2, 0.25) is 0 Å². The number of aromatic nitrogens is 3. The molecule has 0 radical (unpaired) electrons. The van der Waals surface area contributed by atoms with E-state index in [4.69, 9.17) is 0 Å². The van der Waals surface area contributed by atoms with Crippen LogP contribution in [0.3, 0.4) is 0 Å². The van der Waals surface area contributed by atoms with Crippen molar-refractivity contribution in [1.82, 2.24) is 19.5 Å². The Morgan fingerprint density at radius 1 is 1.16 bits per heavy atom. The molecule has 0 aliphatic carbocycles. The van der Waals surface area contributed by atoms with Gasteiger partial charge in [-0.25, -0.2) is 0 Å². The van der Waals surface area contributed by atoms with Crippen LogP contribution in [-0.4, -0.2) is 38.5 Å². The third-order valence-corrected chi connectivity index (χ3v) is 7.13. The van der Waals surface area contributed by atoms with Crippen LogP contribution in [0.25, 0.3) is 15.7 Å². The summed E-state index contributed by atoms with van der Waals surface area (Å²) in [5, 5.41) is 9.28. The molecule has 160 valence electrons. The van der Waals surface area contributed by atoms with E-state index in [1.807, 2.05) is 31.2 Å². The monoisotopic (exact) mass is 444 g/mol. The second-order valence-electron chi connectivity index (χ2n) is 7.84. The number of thiophene rings is 1. The number of likely N-dealkylation sites (tertiary alicyclic amines) is 1. The number of pyridine rings is 1. The van der Waals surface area contributed by atoms with Crippen molar-refractivity contribution < 1.29 is 18.0 Å². The van der Waals surface area contributed by atoms with Gasteiger partial charge in [-0.15, -0.1) is 21.5 Å². The summed E-state index contributed by atoms with van der Waals surface area (Å²) in [6.45, 7) is 2.98. The van der Waals surface area contributed by atoms with E-state index < -0.39 is 11.7 Å². The van der Waals surface area contributed by atoms with Gasteiger partial charge in [0, 0.05) is 29.9 Å². The summed E-state index contributed by atoms with van der Waals surface area (Å²) in [4.78, 5) is 15.8. The number of hydrogen-bond donors (Lipinski definition) is 0. The fourth-order valence-electron chi connectivity index (χ4n) is 4.25. The number of alkyl halides is 3. The molecule has 0 saturated carbocycles. The van der Waals surface area contributed by atoms with Gasteiger partial charge in [-0.05, 0) is 48.9 Å². The first-order valence-electron chi connectivity index (χ1n) is 10.0. The lowest BCUT2D eigenvalue weighted by Crippen LogP contribution is -2.39. The Kier molecular flexibility index (Phi) is 4.73. The Labute approximate surface area is 180 Å². The second-order valence-corrected chi connectivity index (χ2v) is 8.90. The highest BCUT2D eigenvalue weighted by molar-refractivity contribution is 7.21. The first kappa shape index (κ1) is 20.0. The van der Waals surface area contributed by atoms with Gasteiger partial charge < -0.3 is 4.90 Å². The van der Waals surface area contributed by atoms with Gasteiger partial charge in [-0.2, -0.15) is 13.2 Å². The van der Waals surface area contributed by atoms with Gasteiger partial charge in [0.05, 0.1) is 10.4 Å². The number of benzene rings is 1. The summed E-state index contributed by atoms with van der Waals surface area (Å²) in [7, 11) is 0. The molecule has 1 aliphatic heterocycles. The van der Waals surface area contributed by atoms with Crippen LogP contribution in [0, 0.1) is 6.92 Å². The molecule has 1 saturated heterocycles. The van der Waals surface area contributed by atoms with E-state index in [2.05, 4.69) is 10.2 Å². The molecule has 1 unspecified atom stereocenters. The van der Waals surface area contributed by atoms with Crippen molar-refractivity contribution >= 4 is 33.0 Å². The standard InChI is InChI=1S/C22H19F3N4OS/c1-13-16-6-2-3-7-17(16)31-19(13)21(30)28-10-4-5-14(11-28)20-27-26-18-9-8-15(12-29(18)20)22(23,24)25/h2-3,6-9,12,14H,4-5,10-11H2,1H3. The Bertz CT molecular complexity index is 1290. The minimum atomic E-state index is -4.44. The van der Waals surface area contributed by atoms with Crippen molar-refractivity contribution in [3.63, 3.8) is 0 Å². The van der Waals surface area contributed by atoms with Crippen molar-refractivity contribution in [1.29, 1.82) is 0 Å². The molecule has 4 aromatic rings. The molecule has 0 N–H and O–H groups in total. The zero-order valence-electron chi connectivity index (χ0n) is 16.7. The molecule has 1 fully saturated rings. The summed E-state index contributed by atoms with van der Waals surface area (Å²) in [5.41, 5.74) is 0.591. The predicted octanol–water partition coefficient (Wildman–Crippen LogP) is 5.29. The van der Waals surface area contributed by atoms with E-state index in [0.717, 1.165) is 40.8 Å². The Morgan fingerprint density at radius 3 is 2.74 bits per heavy atom. The van der Waals surface area contributed by atoms with Crippen molar-refractivity contribution in [3.05, 3.63) is 64.4 Å². The van der Waals surface area contributed by atoms with Gasteiger partial charge in [0.15, 0.2) is 5.65 Å². The zero-order valence-corrected chi connectivity index (χ0v) is 17.5. The minimum Gasteiger partial charge on any atom is -0.337 e. The molecule has 3 aromatic heterocycles. The smallest absolute Gasteiger partial charge is 0.337 e. The molecule has 31 heavy (non-hydrogen) atoms. The van der Waals surface area contributed by atoms with E-state index in [0.29, 0.717) is 29.4 Å². The van der Waals surface area contributed by atoms with Crippen molar-refractivity contribution in [2.75, 3.05) is 13.1 Å². The quantitative estimate of drug-likeness (QED) is 0.422. The SMILES string of the molecule is Cc1c(C(=O)N2CCCC(c3nnc4ccc(C(F)(F)F)cn34)C2)sc2ccccc12. The topological polar surface area (TPSA) is 50.5 Å². The largest absolute Gasteiger partial charge is 0.417 e. The van der Waals surface area contributed by atoms with Crippen LogP contribution in [0.15, 0.2) is 42.6 Å². The number of carbonyl (C=O) groups is 1. The summed E-state index contributed by atoms with van der Waals surface area (Å²) < 4.78 is 42.0. The van der Waals surface area contributed by atoms with Gasteiger partial charge >= 0.3 is 6.18 Å². The van der Waals surface area contributed by atoms with Crippen LogP contribution in [0.5, 0.6) is 0 Å². The molecule has 5 nitrogen and oxygen atoms in total. The average molecular weight is 444 g/mol. The Hall–Kier alpha value is -2.94. The highest BCUT2D eigenvalue weighted by atomic mass is 32.1. The fourth-order valence-corrected chi connectivity index (χ4v) is 5.43. The maximum atomic E-state index is 13.3. The molecule has 1 amide bonds. The van der Waals surface area contributed by atoms with E-state index in [1.165, 1.54) is 21.8 Å². The first-order valence-corrected chi connectivity index (χ1v) is 10.8. The van der Waals surface area contributed by atoms with E-state index in [1.54, 1.807) is 4.90 Å². The minimum absolute atomic E-state index is 0.0341. The zero-order chi connectivity index (χ0) is 21.8. The van der Waals surface area contributed by atoms with Gasteiger partial charge in [-0.1, -0.05) is 18.2 Å². The number of nitrogens with zero attached hydrogens (tertiary/aromatic N) is 4. The van der Waals surface area contributed by atoms with Crippen LogP contribution < -0.4 is 0 Å². The number of piperidine rings is 1. The number of amides is 1. The highest BCUT2D eigenvalue weighted by Gasteiger charge is 2.33. The molecule has 1 aromatic carbocycles. The molecule has 5 rings (SSSR count). The van der Waals surface area contributed by atoms with E-state index in [9.17, 15) is 18.0 Å². The summed E-state index contributed by atoms with van der Waals surface area (Å²) >= 11 is 1.48. The van der Waals surface area contributed by atoms with E-state index in [-0.39, 0.29) is 11.8 Å². The number of halogens is 3. The summed E-state index contributed by atoms with van der Waals surface area (Å²) in [6, 6.07) is 10.3. The predicted molar refractivity (Wildman–Crippen MR) is 112 cm³/mol. The van der Waals surface area contributed by atoms with Gasteiger partial charge in [0.1, 0.15) is 5.82 Å². The van der Waals surface area contributed by atoms with Crippen LogP contribution >= 0.6 is 11.3 Å². The number of rotatable bonds is 2. The normalized spacial score (nSPS) is 17.5. The summed E-state index contributed by atoms with van der Waals surface area (Å²) in [6.07, 6.45) is -1.90. The number of hydrogen-bond acceptors (Lipinski definition) is 4. The summed E-state index contributed by atoms with van der Waals surface area (Å²) in [5.74, 6) is 0.255. The Balaban J connectivity index is 1.45. The van der Waals surface area contributed by atoms with Crippen LogP contribution in [0.1, 0.15) is 45.4 Å². The van der Waals surface area contributed by atoms with Crippen molar-refractivity contribution in [2.45, 2.75) is 31.9 Å². The second kappa shape index (κ2) is 7.33. The fraction of sp³-hybridized carbons (Fsp3) is 0.318. The van der Waals surface area contributed by atoms with Gasteiger partial charge in [0.25, 0.3) is 5.91 Å². The lowest BCUT2D eigenvalue weighted by Gasteiger charge is -2.32. The van der Waals surface area contributed by atoms with Crippen molar-refractivity contribution in [3.8, 4) is 0 Å². The van der Waals surface area contributed by atoms with Crippen molar-refractivity contribution in [2.24, 2.45) is 0 Å². The molecule has 4 heterocycles. The molecule has 0 bridgehead atoms. The van der Waals surface area contributed by atoms with Crippen LogP contribution in [0.4, 0.5) is 13.2 Å². The first-order chi connectivity index (χ1) is 14.8. The lowest BCUT2D eigenvalue weighted by molar-refractivity contribution is -0.137. The molecule has 0 spiro atoms. The maximum Gasteiger partial charge on any atom is 0.417 e. The number of aryl methyl sites for hydroxylation is 1. The molecular weight excluding hydrogens is 425 g/mol. The molecule has 9 heteroatoms.